The highest BCUT2D eigenvalue weighted by atomic mass is 32.1. The average Bonchev–Trinajstić information content (AvgIpc) is 3.03. The molecule has 1 aromatic heterocycles. The van der Waals surface area contributed by atoms with Crippen LogP contribution in [0.15, 0.2) is 0 Å². The number of carbonyl (C=O) groups excluding carboxylic acids is 1. The minimum absolute atomic E-state index is 0.0134. The summed E-state index contributed by atoms with van der Waals surface area (Å²) in [6.45, 7) is 2.24. The van der Waals surface area contributed by atoms with Gasteiger partial charge in [0.2, 0.25) is 5.91 Å². The Labute approximate surface area is 120 Å². The molecule has 1 amide bonds. The van der Waals surface area contributed by atoms with Gasteiger partial charge in [-0.1, -0.05) is 0 Å². The van der Waals surface area contributed by atoms with Gasteiger partial charge in [-0.15, -0.1) is 0 Å². The zero-order valence-electron chi connectivity index (χ0n) is 11.5. The first kappa shape index (κ1) is 14.9. The van der Waals surface area contributed by atoms with Gasteiger partial charge < -0.3 is 20.1 Å². The minimum atomic E-state index is -1.07. The number of carboxylic acid groups (broad SMARTS) is 1. The highest BCUT2D eigenvalue weighted by molar-refractivity contribution is 7.11. The third-order valence-electron chi connectivity index (χ3n) is 3.42. The van der Waals surface area contributed by atoms with Crippen molar-refractivity contribution in [2.75, 3.05) is 25.6 Å². The monoisotopic (exact) mass is 299 g/mol. The van der Waals surface area contributed by atoms with Crippen LogP contribution >= 0.6 is 11.5 Å². The molecule has 0 spiro atoms. The fraction of sp³-hybridized carbons (Fsp3) is 0.583. The number of anilines is 1. The molecule has 0 aromatic carbocycles. The molecule has 110 valence electrons. The first-order valence-electron chi connectivity index (χ1n) is 6.19. The molecule has 2 N–H and O–H groups in total. The van der Waals surface area contributed by atoms with Gasteiger partial charge in [0.25, 0.3) is 0 Å². The average molecular weight is 299 g/mol. The van der Waals surface area contributed by atoms with Gasteiger partial charge in [-0.05, 0) is 24.9 Å². The van der Waals surface area contributed by atoms with Crippen molar-refractivity contribution in [1.29, 1.82) is 0 Å². The van der Waals surface area contributed by atoms with Crippen molar-refractivity contribution in [2.45, 2.75) is 25.5 Å². The lowest BCUT2D eigenvalue weighted by atomic mass is 10.1. The Morgan fingerprint density at radius 3 is 2.80 bits per heavy atom. The van der Waals surface area contributed by atoms with Crippen molar-refractivity contribution in [2.24, 2.45) is 0 Å². The second-order valence-corrected chi connectivity index (χ2v) is 5.46. The number of aromatic carboxylic acids is 1. The number of hydrogen-bond acceptors (Lipinski definition) is 6. The van der Waals surface area contributed by atoms with Crippen LogP contribution in [0, 0.1) is 6.92 Å². The van der Waals surface area contributed by atoms with E-state index in [1.807, 2.05) is 0 Å². The van der Waals surface area contributed by atoms with E-state index in [-0.39, 0.29) is 23.6 Å². The zero-order chi connectivity index (χ0) is 14.9. The molecule has 2 heterocycles. The lowest BCUT2D eigenvalue weighted by molar-refractivity contribution is -0.120. The van der Waals surface area contributed by atoms with Crippen LogP contribution in [0.3, 0.4) is 0 Å². The molecule has 1 fully saturated rings. The lowest BCUT2D eigenvalue weighted by Crippen LogP contribution is -2.41. The van der Waals surface area contributed by atoms with E-state index in [0.29, 0.717) is 23.7 Å². The third kappa shape index (κ3) is 2.67. The van der Waals surface area contributed by atoms with E-state index in [2.05, 4.69) is 9.69 Å². The Balaban J connectivity index is 2.17. The Kier molecular flexibility index (Phi) is 4.36. The number of hydrogen-bond donors (Lipinski definition) is 2. The van der Waals surface area contributed by atoms with Gasteiger partial charge >= 0.3 is 5.97 Å². The molecule has 20 heavy (non-hydrogen) atoms. The minimum Gasteiger partial charge on any atom is -0.478 e. The summed E-state index contributed by atoms with van der Waals surface area (Å²) in [5, 5.41) is 12.7. The van der Waals surface area contributed by atoms with E-state index >= 15 is 0 Å². The van der Waals surface area contributed by atoms with Gasteiger partial charge in [0.1, 0.15) is 10.6 Å². The Hall–Kier alpha value is -1.51. The van der Waals surface area contributed by atoms with Crippen molar-refractivity contribution in [3.05, 3.63) is 11.3 Å². The fourth-order valence-corrected chi connectivity index (χ4v) is 3.09. The van der Waals surface area contributed by atoms with Crippen LogP contribution in [0.25, 0.3) is 0 Å². The summed E-state index contributed by atoms with van der Waals surface area (Å²) in [4.78, 5) is 25.0. The van der Waals surface area contributed by atoms with Gasteiger partial charge in [0.05, 0.1) is 17.8 Å². The number of carbonyl (C=O) groups is 2. The van der Waals surface area contributed by atoms with Crippen LogP contribution in [0.1, 0.15) is 22.5 Å². The number of rotatable bonds is 4. The molecule has 0 radical (unpaired) electrons. The fourth-order valence-electron chi connectivity index (χ4n) is 2.24. The Morgan fingerprint density at radius 2 is 2.25 bits per heavy atom. The predicted octanol–water partition coefficient (Wildman–Crippen LogP) is 0.489. The molecule has 2 unspecified atom stereocenters. The number of methoxy groups -OCH3 is 1. The quantitative estimate of drug-likeness (QED) is 0.840. The van der Waals surface area contributed by atoms with Gasteiger partial charge in [0, 0.05) is 20.7 Å². The molecule has 1 aliphatic heterocycles. The molecule has 1 aromatic rings. The molecule has 2 rings (SSSR count). The summed E-state index contributed by atoms with van der Waals surface area (Å²) in [5.74, 6) is -1.24. The van der Waals surface area contributed by atoms with E-state index in [4.69, 9.17) is 4.74 Å². The molecule has 8 heteroatoms. The van der Waals surface area contributed by atoms with Crippen molar-refractivity contribution >= 4 is 28.4 Å². The molecule has 7 nitrogen and oxygen atoms in total. The molecular formula is C12H17N3O4S. The normalized spacial score (nSPS) is 21.9. The number of aryl methyl sites for hydroxylation is 1. The number of ether oxygens (including phenoxy) is 1. The summed E-state index contributed by atoms with van der Waals surface area (Å²) in [6.07, 6.45) is 0.597. The summed E-state index contributed by atoms with van der Waals surface area (Å²) in [7, 11) is 3.18. The largest absolute Gasteiger partial charge is 0.478 e. The van der Waals surface area contributed by atoms with Crippen molar-refractivity contribution < 1.29 is 19.4 Å². The molecular weight excluding hydrogens is 282 g/mol. The van der Waals surface area contributed by atoms with Gasteiger partial charge in [0.15, 0.2) is 0 Å². The second-order valence-electron chi connectivity index (χ2n) is 4.70. The van der Waals surface area contributed by atoms with E-state index in [0.717, 1.165) is 11.5 Å². The summed E-state index contributed by atoms with van der Waals surface area (Å²) < 4.78 is 9.23. The highest BCUT2D eigenvalue weighted by Crippen LogP contribution is 2.28. The van der Waals surface area contributed by atoms with Gasteiger partial charge in [-0.25, -0.2) is 4.79 Å². The number of amides is 1. The summed E-state index contributed by atoms with van der Waals surface area (Å²) in [5.41, 5.74) is 0.512. The summed E-state index contributed by atoms with van der Waals surface area (Å²) in [6, 6.07) is -0.353. The van der Waals surface area contributed by atoms with Crippen LogP contribution in [0.4, 0.5) is 5.00 Å². The molecule has 0 saturated carbocycles. The first-order valence-corrected chi connectivity index (χ1v) is 6.96. The van der Waals surface area contributed by atoms with Crippen molar-refractivity contribution in [1.82, 2.24) is 9.69 Å². The maximum absolute atomic E-state index is 12.4. The number of carboxylic acids is 1. The van der Waals surface area contributed by atoms with E-state index in [1.54, 1.807) is 21.1 Å². The molecule has 0 bridgehead atoms. The molecule has 1 saturated heterocycles. The standard InChI is InChI=1S/C12H17N3O4S/c1-6-9(12(17)18)11(20-14-6)15(2)10(16)8-4-7(19-3)5-13-8/h7-8,13H,4-5H2,1-3H3,(H,17,18). The third-order valence-corrected chi connectivity index (χ3v) is 4.43. The zero-order valence-corrected chi connectivity index (χ0v) is 12.4. The van der Waals surface area contributed by atoms with Crippen LogP contribution in [0.2, 0.25) is 0 Å². The van der Waals surface area contributed by atoms with Crippen LogP contribution < -0.4 is 10.2 Å². The van der Waals surface area contributed by atoms with E-state index in [9.17, 15) is 14.7 Å². The Bertz CT molecular complexity index is 531. The van der Waals surface area contributed by atoms with E-state index in [1.165, 1.54) is 4.90 Å². The molecule has 0 aliphatic carbocycles. The smallest absolute Gasteiger partial charge is 0.340 e. The maximum Gasteiger partial charge on any atom is 0.340 e. The number of likely N-dealkylation sites (N-methyl/N-ethyl adjacent to an activating group) is 1. The van der Waals surface area contributed by atoms with Crippen LogP contribution in [-0.4, -0.2) is 54.2 Å². The van der Waals surface area contributed by atoms with Gasteiger partial charge in [-0.3, -0.25) is 4.79 Å². The number of nitrogens with one attached hydrogen (secondary N) is 1. The van der Waals surface area contributed by atoms with Crippen LogP contribution in [0.5, 0.6) is 0 Å². The highest BCUT2D eigenvalue weighted by Gasteiger charge is 2.33. The Morgan fingerprint density at radius 1 is 1.55 bits per heavy atom. The number of nitrogens with zero attached hydrogens (tertiary/aromatic N) is 2. The SMILES string of the molecule is COC1CNC(C(=O)N(C)c2snc(C)c2C(=O)O)C1. The summed E-state index contributed by atoms with van der Waals surface area (Å²) >= 11 is 1.02. The first-order chi connectivity index (χ1) is 9.45. The predicted molar refractivity (Wildman–Crippen MR) is 74.4 cm³/mol. The second kappa shape index (κ2) is 5.86. The number of aromatic nitrogens is 1. The molecule has 2 atom stereocenters. The van der Waals surface area contributed by atoms with Crippen molar-refractivity contribution in [3.63, 3.8) is 0 Å². The topological polar surface area (TPSA) is 91.8 Å². The van der Waals surface area contributed by atoms with E-state index < -0.39 is 5.97 Å². The maximum atomic E-state index is 12.4. The molecule has 1 aliphatic rings. The lowest BCUT2D eigenvalue weighted by Gasteiger charge is -2.20. The van der Waals surface area contributed by atoms with Crippen LogP contribution in [-0.2, 0) is 9.53 Å². The van der Waals surface area contributed by atoms with Crippen molar-refractivity contribution in [3.8, 4) is 0 Å². The van der Waals surface area contributed by atoms with Gasteiger partial charge in [-0.2, -0.15) is 4.37 Å².